The van der Waals surface area contributed by atoms with E-state index in [1.165, 1.54) is 17.5 Å². The number of nitrogens with zero attached hydrogens (tertiary/aromatic N) is 2. The number of nitrogens with one attached hydrogen (secondary N) is 1. The fourth-order valence-corrected chi connectivity index (χ4v) is 4.95. The van der Waals surface area contributed by atoms with Crippen LogP contribution in [0.5, 0.6) is 5.75 Å². The van der Waals surface area contributed by atoms with Crippen molar-refractivity contribution in [1.82, 2.24) is 10.2 Å². The van der Waals surface area contributed by atoms with E-state index in [0.717, 1.165) is 17.4 Å². The van der Waals surface area contributed by atoms with E-state index in [9.17, 15) is 18.0 Å². The highest BCUT2D eigenvalue weighted by Crippen LogP contribution is 2.30. The number of halogens is 1. The summed E-state index contributed by atoms with van der Waals surface area (Å²) in [6.45, 7) is 8.58. The van der Waals surface area contributed by atoms with Crippen LogP contribution in [-0.2, 0) is 26.2 Å². The van der Waals surface area contributed by atoms with Crippen molar-refractivity contribution >= 4 is 39.1 Å². The van der Waals surface area contributed by atoms with E-state index >= 15 is 0 Å². The van der Waals surface area contributed by atoms with Crippen molar-refractivity contribution < 1.29 is 22.7 Å². The Morgan fingerprint density at radius 2 is 1.73 bits per heavy atom. The van der Waals surface area contributed by atoms with Gasteiger partial charge >= 0.3 is 0 Å². The first kappa shape index (κ1) is 30.4. The highest BCUT2D eigenvalue weighted by molar-refractivity contribution is 7.92. The Morgan fingerprint density at radius 3 is 2.27 bits per heavy atom. The summed E-state index contributed by atoms with van der Waals surface area (Å²) >= 11 is 6.20. The zero-order valence-electron chi connectivity index (χ0n) is 22.5. The van der Waals surface area contributed by atoms with Crippen molar-refractivity contribution in [3.63, 3.8) is 0 Å². The minimum atomic E-state index is -3.63. The number of ether oxygens (including phenoxy) is 1. The number of hydrogen-bond donors (Lipinski definition) is 1. The van der Waals surface area contributed by atoms with Crippen molar-refractivity contribution in [2.24, 2.45) is 5.92 Å². The van der Waals surface area contributed by atoms with Gasteiger partial charge < -0.3 is 15.0 Å². The van der Waals surface area contributed by atoms with Crippen LogP contribution in [0.2, 0.25) is 5.02 Å². The number of rotatable bonds is 13. The van der Waals surface area contributed by atoms with Crippen molar-refractivity contribution in [3.8, 4) is 5.75 Å². The number of hydrogen-bond acceptors (Lipinski definition) is 5. The van der Waals surface area contributed by atoms with Crippen LogP contribution >= 0.6 is 11.6 Å². The Kier molecular flexibility index (Phi) is 11.3. The van der Waals surface area contributed by atoms with Crippen molar-refractivity contribution in [2.75, 3.05) is 30.8 Å². The first-order chi connectivity index (χ1) is 17.3. The summed E-state index contributed by atoms with van der Waals surface area (Å²) < 4.78 is 31.4. The molecule has 0 saturated heterocycles. The first-order valence-electron chi connectivity index (χ1n) is 12.3. The second kappa shape index (κ2) is 13.7. The molecule has 0 bridgehead atoms. The molecule has 0 radical (unpaired) electrons. The average molecular weight is 552 g/mol. The molecule has 0 spiro atoms. The molecular formula is C27H38ClN3O5S. The number of anilines is 1. The number of benzene rings is 2. The van der Waals surface area contributed by atoms with Crippen LogP contribution in [0.3, 0.4) is 0 Å². The molecule has 2 amide bonds. The Balaban J connectivity index is 2.17. The van der Waals surface area contributed by atoms with Crippen LogP contribution in [0.4, 0.5) is 5.69 Å². The van der Waals surface area contributed by atoms with Gasteiger partial charge in [0.15, 0.2) is 0 Å². The summed E-state index contributed by atoms with van der Waals surface area (Å²) in [4.78, 5) is 27.7. The van der Waals surface area contributed by atoms with E-state index < -0.39 is 16.1 Å². The molecule has 0 aliphatic carbocycles. The molecule has 2 rings (SSSR count). The fraction of sp³-hybridized carbons (Fsp3) is 0.481. The molecule has 204 valence electrons. The van der Waals surface area contributed by atoms with E-state index in [0.29, 0.717) is 18.0 Å². The molecule has 0 unspecified atom stereocenters. The Labute approximate surface area is 226 Å². The van der Waals surface area contributed by atoms with Gasteiger partial charge in [-0.2, -0.15) is 0 Å². The number of methoxy groups -OCH3 is 1. The molecule has 0 aromatic heterocycles. The van der Waals surface area contributed by atoms with Gasteiger partial charge in [-0.1, -0.05) is 55.3 Å². The summed E-state index contributed by atoms with van der Waals surface area (Å²) in [6.07, 6.45) is 1.45. The largest absolute Gasteiger partial charge is 0.495 e. The molecule has 0 fully saturated rings. The lowest BCUT2D eigenvalue weighted by Gasteiger charge is -2.29. The lowest BCUT2D eigenvalue weighted by atomic mass is 10.1. The Bertz CT molecular complexity index is 1170. The molecule has 0 aliphatic rings. The summed E-state index contributed by atoms with van der Waals surface area (Å²) in [7, 11) is -2.15. The summed E-state index contributed by atoms with van der Waals surface area (Å²) in [5.74, 6) is 0.269. The Hall–Kier alpha value is -2.78. The number of sulfonamides is 1. The first-order valence-corrected chi connectivity index (χ1v) is 14.5. The van der Waals surface area contributed by atoms with Crippen molar-refractivity contribution in [3.05, 3.63) is 58.6 Å². The predicted octanol–water partition coefficient (Wildman–Crippen LogP) is 4.39. The molecule has 0 saturated carbocycles. The number of carbonyl (C=O) groups excluding carboxylic acids is 2. The molecular weight excluding hydrogens is 514 g/mol. The van der Waals surface area contributed by atoms with Crippen LogP contribution in [0, 0.1) is 12.8 Å². The minimum absolute atomic E-state index is 0.0730. The number of amides is 2. The van der Waals surface area contributed by atoms with Crippen LogP contribution in [0.25, 0.3) is 0 Å². The predicted molar refractivity (Wildman–Crippen MR) is 148 cm³/mol. The standard InChI is InChI=1S/C27H38ClN3O5S/c1-19(2)17-29-27(33)21(4)30(18-22-11-9-20(3)10-12-22)26(32)8-7-15-31(37(6,34)35)23-13-14-25(36-5)24(28)16-23/h9-14,16,19,21H,7-8,15,17-18H2,1-6H3,(H,29,33)/t21-/m0/s1. The van der Waals surface area contributed by atoms with Gasteiger partial charge in [0.25, 0.3) is 0 Å². The summed E-state index contributed by atoms with van der Waals surface area (Å²) in [5, 5.41) is 3.19. The van der Waals surface area contributed by atoms with Crippen molar-refractivity contribution in [1.29, 1.82) is 0 Å². The number of carbonyl (C=O) groups is 2. The van der Waals surface area contributed by atoms with E-state index in [4.69, 9.17) is 16.3 Å². The lowest BCUT2D eigenvalue weighted by Crippen LogP contribution is -2.48. The van der Waals surface area contributed by atoms with E-state index in [2.05, 4.69) is 5.32 Å². The second-order valence-corrected chi connectivity index (χ2v) is 11.9. The molecule has 10 heteroatoms. The molecule has 0 heterocycles. The third-order valence-electron chi connectivity index (χ3n) is 5.90. The van der Waals surface area contributed by atoms with Gasteiger partial charge in [-0.3, -0.25) is 13.9 Å². The summed E-state index contributed by atoms with van der Waals surface area (Å²) in [6, 6.07) is 11.9. The topological polar surface area (TPSA) is 96.0 Å². The van der Waals surface area contributed by atoms with Gasteiger partial charge in [-0.05, 0) is 49.9 Å². The molecule has 37 heavy (non-hydrogen) atoms. The number of aryl methyl sites for hydroxylation is 1. The normalized spacial score (nSPS) is 12.2. The molecule has 2 aromatic rings. The highest BCUT2D eigenvalue weighted by atomic mass is 35.5. The van der Waals surface area contributed by atoms with E-state index in [-0.39, 0.29) is 48.7 Å². The summed E-state index contributed by atoms with van der Waals surface area (Å²) in [5.41, 5.74) is 2.40. The van der Waals surface area contributed by atoms with Crippen LogP contribution in [-0.4, -0.2) is 57.6 Å². The fourth-order valence-electron chi connectivity index (χ4n) is 3.74. The van der Waals surface area contributed by atoms with Gasteiger partial charge in [0.05, 0.1) is 24.1 Å². The third kappa shape index (κ3) is 9.23. The molecule has 8 nitrogen and oxygen atoms in total. The van der Waals surface area contributed by atoms with Gasteiger partial charge in [-0.25, -0.2) is 8.42 Å². The second-order valence-electron chi connectivity index (χ2n) is 9.58. The van der Waals surface area contributed by atoms with Gasteiger partial charge in [0.2, 0.25) is 21.8 Å². The Morgan fingerprint density at radius 1 is 1.08 bits per heavy atom. The minimum Gasteiger partial charge on any atom is -0.495 e. The molecule has 2 aromatic carbocycles. The maximum atomic E-state index is 13.3. The highest BCUT2D eigenvalue weighted by Gasteiger charge is 2.27. The van der Waals surface area contributed by atoms with Crippen LogP contribution in [0.1, 0.15) is 44.7 Å². The zero-order valence-corrected chi connectivity index (χ0v) is 24.0. The van der Waals surface area contributed by atoms with Crippen LogP contribution < -0.4 is 14.4 Å². The van der Waals surface area contributed by atoms with Gasteiger partial charge in [0, 0.05) is 26.1 Å². The SMILES string of the molecule is COc1ccc(N(CCCC(=O)N(Cc2ccc(C)cc2)[C@@H](C)C(=O)NCC(C)C)S(C)(=O)=O)cc1Cl. The molecule has 1 N–H and O–H groups in total. The van der Waals surface area contributed by atoms with E-state index in [1.54, 1.807) is 24.0 Å². The average Bonchev–Trinajstić information content (AvgIpc) is 2.83. The van der Waals surface area contributed by atoms with Crippen molar-refractivity contribution in [2.45, 2.75) is 53.1 Å². The third-order valence-corrected chi connectivity index (χ3v) is 7.39. The van der Waals surface area contributed by atoms with E-state index in [1.807, 2.05) is 45.0 Å². The van der Waals surface area contributed by atoms with Gasteiger partial charge in [-0.15, -0.1) is 0 Å². The van der Waals surface area contributed by atoms with Crippen LogP contribution in [0.15, 0.2) is 42.5 Å². The molecule has 1 atom stereocenters. The molecule has 0 aliphatic heterocycles. The van der Waals surface area contributed by atoms with Gasteiger partial charge in [0.1, 0.15) is 11.8 Å². The quantitative estimate of drug-likeness (QED) is 0.398. The monoisotopic (exact) mass is 551 g/mol. The zero-order chi connectivity index (χ0) is 27.8. The maximum Gasteiger partial charge on any atom is 0.242 e. The smallest absolute Gasteiger partial charge is 0.242 e. The maximum absolute atomic E-state index is 13.3. The lowest BCUT2D eigenvalue weighted by molar-refractivity contribution is -0.140.